The van der Waals surface area contributed by atoms with Gasteiger partial charge in [-0.2, -0.15) is 5.26 Å². The van der Waals surface area contributed by atoms with Crippen molar-refractivity contribution in [3.63, 3.8) is 0 Å². The van der Waals surface area contributed by atoms with Crippen molar-refractivity contribution in [3.05, 3.63) is 58.3 Å². The molecule has 4 rings (SSSR count). The van der Waals surface area contributed by atoms with Crippen LogP contribution >= 0.6 is 15.9 Å². The summed E-state index contributed by atoms with van der Waals surface area (Å²) in [6.07, 6.45) is 0. The summed E-state index contributed by atoms with van der Waals surface area (Å²) in [4.78, 5) is 9.02. The molecule has 0 amide bonds. The van der Waals surface area contributed by atoms with E-state index in [1.165, 1.54) is 10.6 Å². The molecule has 0 spiro atoms. The Kier molecular flexibility index (Phi) is 3.22. The highest BCUT2D eigenvalue weighted by Gasteiger charge is 2.21. The third-order valence-corrected chi connectivity index (χ3v) is 4.25. The second-order valence-electron chi connectivity index (χ2n) is 5.19. The summed E-state index contributed by atoms with van der Waals surface area (Å²) in [5.74, 6) is -0.364. The molecule has 2 heterocycles. The molecular formula is C17H9BrFN5. The minimum absolute atomic E-state index is 0.115. The van der Waals surface area contributed by atoms with Gasteiger partial charge in [-0.15, -0.1) is 0 Å². The third-order valence-electron chi connectivity index (χ3n) is 3.76. The standard InChI is InChI=1S/C17H9BrFN5/c18-9-5-6-14(11(19)7-9)24-16(21)10(8-20)15-17(24)23-13-4-2-1-3-12(13)22-15/h1-7H,21H2. The Morgan fingerprint density at radius 1 is 1.12 bits per heavy atom. The van der Waals surface area contributed by atoms with E-state index in [-0.39, 0.29) is 17.1 Å². The van der Waals surface area contributed by atoms with Crippen LogP contribution in [-0.4, -0.2) is 14.5 Å². The molecule has 0 aliphatic rings. The number of hydrogen-bond donors (Lipinski definition) is 1. The van der Waals surface area contributed by atoms with Crippen molar-refractivity contribution in [1.82, 2.24) is 14.5 Å². The van der Waals surface area contributed by atoms with E-state index < -0.39 is 5.82 Å². The van der Waals surface area contributed by atoms with Gasteiger partial charge >= 0.3 is 0 Å². The van der Waals surface area contributed by atoms with Crippen LogP contribution in [0.1, 0.15) is 5.56 Å². The second-order valence-corrected chi connectivity index (χ2v) is 6.10. The van der Waals surface area contributed by atoms with Crippen LogP contribution in [0.25, 0.3) is 27.9 Å². The first-order valence-corrected chi connectivity index (χ1v) is 7.81. The Morgan fingerprint density at radius 3 is 2.50 bits per heavy atom. The van der Waals surface area contributed by atoms with Crippen LogP contribution in [0.2, 0.25) is 0 Å². The van der Waals surface area contributed by atoms with Gasteiger partial charge in [-0.05, 0) is 30.3 Å². The van der Waals surface area contributed by atoms with Gasteiger partial charge in [0.15, 0.2) is 5.65 Å². The molecule has 2 aromatic heterocycles. The van der Waals surface area contributed by atoms with Gasteiger partial charge in [-0.3, -0.25) is 4.57 Å². The fraction of sp³-hybridized carbons (Fsp3) is 0. The minimum Gasteiger partial charge on any atom is -0.384 e. The predicted octanol–water partition coefficient (Wildman–Crippen LogP) is 3.93. The van der Waals surface area contributed by atoms with Crippen LogP contribution < -0.4 is 5.73 Å². The van der Waals surface area contributed by atoms with E-state index in [1.807, 2.05) is 18.2 Å². The monoisotopic (exact) mass is 381 g/mol. The molecule has 0 saturated heterocycles. The zero-order valence-electron chi connectivity index (χ0n) is 12.2. The summed E-state index contributed by atoms with van der Waals surface area (Å²) in [5, 5.41) is 9.45. The summed E-state index contributed by atoms with van der Waals surface area (Å²) in [6.45, 7) is 0. The lowest BCUT2D eigenvalue weighted by atomic mass is 10.2. The van der Waals surface area contributed by atoms with Gasteiger partial charge in [0.05, 0.1) is 16.7 Å². The maximum Gasteiger partial charge on any atom is 0.167 e. The Bertz CT molecular complexity index is 1160. The largest absolute Gasteiger partial charge is 0.384 e. The van der Waals surface area contributed by atoms with Crippen molar-refractivity contribution in [3.8, 4) is 11.8 Å². The van der Waals surface area contributed by atoms with E-state index in [0.29, 0.717) is 26.7 Å². The molecular weight excluding hydrogens is 373 g/mol. The SMILES string of the molecule is N#Cc1c(N)n(-c2ccc(Br)cc2F)c2nc3ccccc3nc12. The summed E-state index contributed by atoms with van der Waals surface area (Å²) in [5.41, 5.74) is 8.51. The summed E-state index contributed by atoms with van der Waals surface area (Å²) >= 11 is 3.23. The topological polar surface area (TPSA) is 80.5 Å². The zero-order chi connectivity index (χ0) is 16.8. The summed E-state index contributed by atoms with van der Waals surface area (Å²) in [6, 6.07) is 13.9. The van der Waals surface area contributed by atoms with E-state index in [1.54, 1.807) is 24.3 Å². The van der Waals surface area contributed by atoms with Crippen molar-refractivity contribution in [1.29, 1.82) is 5.26 Å². The van der Waals surface area contributed by atoms with Crippen LogP contribution in [-0.2, 0) is 0 Å². The normalized spacial score (nSPS) is 11.0. The highest BCUT2D eigenvalue weighted by atomic mass is 79.9. The first kappa shape index (κ1) is 14.6. The molecule has 0 unspecified atom stereocenters. The number of benzene rings is 2. The first-order chi connectivity index (χ1) is 11.6. The van der Waals surface area contributed by atoms with E-state index >= 15 is 0 Å². The smallest absolute Gasteiger partial charge is 0.167 e. The van der Waals surface area contributed by atoms with E-state index in [2.05, 4.69) is 25.9 Å². The Labute approximate surface area is 144 Å². The van der Waals surface area contributed by atoms with Gasteiger partial charge < -0.3 is 5.73 Å². The van der Waals surface area contributed by atoms with Gasteiger partial charge in [0.2, 0.25) is 0 Å². The number of halogens is 2. The number of hydrogen-bond acceptors (Lipinski definition) is 4. The Morgan fingerprint density at radius 2 is 1.83 bits per heavy atom. The number of nitriles is 1. The number of aromatic nitrogens is 3. The van der Waals surface area contributed by atoms with Crippen molar-refractivity contribution >= 4 is 43.9 Å². The number of rotatable bonds is 1. The molecule has 0 bridgehead atoms. The van der Waals surface area contributed by atoms with E-state index in [0.717, 1.165) is 0 Å². The molecule has 24 heavy (non-hydrogen) atoms. The van der Waals surface area contributed by atoms with Gasteiger partial charge in [-0.1, -0.05) is 28.1 Å². The van der Waals surface area contributed by atoms with Crippen LogP contribution in [0, 0.1) is 17.1 Å². The molecule has 116 valence electrons. The molecule has 2 N–H and O–H groups in total. The van der Waals surface area contributed by atoms with Crippen molar-refractivity contribution in [2.24, 2.45) is 0 Å². The number of nitrogen functional groups attached to an aromatic ring is 1. The molecule has 0 atom stereocenters. The maximum absolute atomic E-state index is 14.4. The van der Waals surface area contributed by atoms with Crippen molar-refractivity contribution in [2.75, 3.05) is 5.73 Å². The lowest BCUT2D eigenvalue weighted by Crippen LogP contribution is -2.04. The van der Waals surface area contributed by atoms with Gasteiger partial charge in [0.25, 0.3) is 0 Å². The Balaban J connectivity index is 2.17. The number of nitrogens with two attached hydrogens (primary N) is 1. The average molecular weight is 382 g/mol. The number of fused-ring (bicyclic) bond motifs is 2. The van der Waals surface area contributed by atoms with E-state index in [9.17, 15) is 9.65 Å². The van der Waals surface area contributed by atoms with Crippen LogP contribution in [0.5, 0.6) is 0 Å². The van der Waals surface area contributed by atoms with Crippen molar-refractivity contribution < 1.29 is 4.39 Å². The molecule has 7 heteroatoms. The van der Waals surface area contributed by atoms with Crippen molar-refractivity contribution in [2.45, 2.75) is 0 Å². The molecule has 0 fully saturated rings. The predicted molar refractivity (Wildman–Crippen MR) is 93.2 cm³/mol. The Hall–Kier alpha value is -2.98. The van der Waals surface area contributed by atoms with Crippen LogP contribution in [0.15, 0.2) is 46.9 Å². The van der Waals surface area contributed by atoms with Gasteiger partial charge in [0, 0.05) is 4.47 Å². The van der Waals surface area contributed by atoms with Crippen LogP contribution in [0.3, 0.4) is 0 Å². The quantitative estimate of drug-likeness (QED) is 0.541. The average Bonchev–Trinajstić information content (AvgIpc) is 2.83. The molecule has 0 aliphatic heterocycles. The highest BCUT2D eigenvalue weighted by molar-refractivity contribution is 9.10. The van der Waals surface area contributed by atoms with E-state index in [4.69, 9.17) is 5.73 Å². The first-order valence-electron chi connectivity index (χ1n) is 7.02. The molecule has 2 aromatic carbocycles. The molecule has 0 saturated carbocycles. The molecule has 0 aliphatic carbocycles. The fourth-order valence-corrected chi connectivity index (χ4v) is 3.01. The zero-order valence-corrected chi connectivity index (χ0v) is 13.7. The maximum atomic E-state index is 14.4. The second kappa shape index (κ2) is 5.28. The molecule has 5 nitrogen and oxygen atoms in total. The molecule has 0 radical (unpaired) electrons. The van der Waals surface area contributed by atoms with Gasteiger partial charge in [-0.25, -0.2) is 14.4 Å². The van der Waals surface area contributed by atoms with Gasteiger partial charge in [0.1, 0.15) is 28.8 Å². The number of anilines is 1. The summed E-state index contributed by atoms with van der Waals surface area (Å²) < 4.78 is 16.5. The number of para-hydroxylation sites is 2. The number of nitrogens with zero attached hydrogens (tertiary/aromatic N) is 4. The third kappa shape index (κ3) is 2.04. The molecule has 4 aromatic rings. The lowest BCUT2D eigenvalue weighted by Gasteiger charge is -2.09. The lowest BCUT2D eigenvalue weighted by molar-refractivity contribution is 0.619. The van der Waals surface area contributed by atoms with Crippen LogP contribution in [0.4, 0.5) is 10.2 Å². The fourth-order valence-electron chi connectivity index (χ4n) is 2.68. The minimum atomic E-state index is -0.479. The summed E-state index contributed by atoms with van der Waals surface area (Å²) in [7, 11) is 0. The highest BCUT2D eigenvalue weighted by Crippen LogP contribution is 2.31.